The summed E-state index contributed by atoms with van der Waals surface area (Å²) in [4.78, 5) is 24.6. The van der Waals surface area contributed by atoms with Gasteiger partial charge < -0.3 is 16.0 Å². The molecular formula is C27H29N3O2. The largest absolute Gasteiger partial charge is 0.353 e. The number of rotatable bonds is 9. The monoisotopic (exact) mass is 427 g/mol. The first-order valence-corrected chi connectivity index (χ1v) is 10.9. The first-order chi connectivity index (χ1) is 15.6. The van der Waals surface area contributed by atoms with Crippen molar-refractivity contribution >= 4 is 17.6 Å². The van der Waals surface area contributed by atoms with Crippen LogP contribution in [0.1, 0.15) is 18.9 Å². The molecule has 0 radical (unpaired) electrons. The maximum atomic E-state index is 12.6. The van der Waals surface area contributed by atoms with E-state index in [0.717, 1.165) is 23.1 Å². The summed E-state index contributed by atoms with van der Waals surface area (Å²) in [5, 5.41) is 8.64. The summed E-state index contributed by atoms with van der Waals surface area (Å²) in [5.41, 5.74) is 3.98. The fourth-order valence-corrected chi connectivity index (χ4v) is 3.26. The van der Waals surface area contributed by atoms with Crippen LogP contribution in [0, 0.1) is 0 Å². The third kappa shape index (κ3) is 7.43. The van der Waals surface area contributed by atoms with E-state index in [9.17, 15) is 9.59 Å². The van der Waals surface area contributed by atoms with Crippen LogP contribution in [0.2, 0.25) is 0 Å². The molecular weight excluding hydrogens is 398 g/mol. The molecule has 164 valence electrons. The summed E-state index contributed by atoms with van der Waals surface area (Å²) in [5.74, 6) is -0.163. The Kier molecular flexibility index (Phi) is 8.63. The molecule has 5 nitrogen and oxygen atoms in total. The van der Waals surface area contributed by atoms with Gasteiger partial charge in [-0.15, -0.1) is 0 Å². The molecule has 3 amide bonds. The second-order valence-corrected chi connectivity index (χ2v) is 7.49. The zero-order valence-corrected chi connectivity index (χ0v) is 18.3. The van der Waals surface area contributed by atoms with Crippen LogP contribution < -0.4 is 16.0 Å². The average molecular weight is 428 g/mol. The van der Waals surface area contributed by atoms with Gasteiger partial charge in [-0.1, -0.05) is 85.8 Å². The minimum absolute atomic E-state index is 0.163. The van der Waals surface area contributed by atoms with Crippen molar-refractivity contribution in [2.24, 2.45) is 0 Å². The third-order valence-corrected chi connectivity index (χ3v) is 4.89. The molecule has 0 aliphatic rings. The van der Waals surface area contributed by atoms with Crippen LogP contribution in [-0.2, 0) is 11.2 Å². The average Bonchev–Trinajstić information content (AvgIpc) is 2.83. The molecule has 0 aliphatic carbocycles. The number of hydrogen-bond acceptors (Lipinski definition) is 2. The van der Waals surface area contributed by atoms with Crippen LogP contribution >= 0.6 is 0 Å². The highest BCUT2D eigenvalue weighted by atomic mass is 16.2. The van der Waals surface area contributed by atoms with E-state index in [1.807, 2.05) is 91.9 Å². The molecule has 3 N–H and O–H groups in total. The van der Waals surface area contributed by atoms with Crippen molar-refractivity contribution in [3.05, 3.63) is 103 Å². The van der Waals surface area contributed by atoms with Gasteiger partial charge in [-0.3, -0.25) is 4.79 Å². The third-order valence-electron chi connectivity index (χ3n) is 4.89. The Bertz CT molecular complexity index is 1020. The molecule has 0 saturated heterocycles. The first kappa shape index (κ1) is 22.8. The standard InChI is InChI=1S/C27H29N3O2/c1-2-19-28-26(31)18-17-25(20-21-9-5-3-6-10-21)30-27(32)29-24-15-13-23(14-16-24)22-11-7-4-8-12-22/h3-18,25H,2,19-20H2,1H3,(H,28,31)(H2,29,30,32)/t25-/m0/s1. The lowest BCUT2D eigenvalue weighted by atomic mass is 10.1. The maximum absolute atomic E-state index is 12.6. The first-order valence-electron chi connectivity index (χ1n) is 10.9. The van der Waals surface area contributed by atoms with Gasteiger partial charge in [0.15, 0.2) is 0 Å². The molecule has 0 unspecified atom stereocenters. The Hall–Kier alpha value is -3.86. The Morgan fingerprint density at radius 2 is 1.47 bits per heavy atom. The van der Waals surface area contributed by atoms with Crippen molar-refractivity contribution in [3.8, 4) is 11.1 Å². The molecule has 0 bridgehead atoms. The van der Waals surface area contributed by atoms with Crippen LogP contribution in [0.4, 0.5) is 10.5 Å². The smallest absolute Gasteiger partial charge is 0.319 e. The number of nitrogens with one attached hydrogen (secondary N) is 3. The number of amides is 3. The zero-order chi connectivity index (χ0) is 22.6. The highest BCUT2D eigenvalue weighted by Crippen LogP contribution is 2.21. The normalized spacial score (nSPS) is 11.7. The lowest BCUT2D eigenvalue weighted by Crippen LogP contribution is -2.38. The number of urea groups is 1. The number of benzene rings is 3. The molecule has 5 heteroatoms. The number of hydrogen-bond donors (Lipinski definition) is 3. The molecule has 0 heterocycles. The molecule has 3 rings (SSSR count). The molecule has 0 aliphatic heterocycles. The van der Waals surface area contributed by atoms with E-state index < -0.39 is 0 Å². The lowest BCUT2D eigenvalue weighted by molar-refractivity contribution is -0.116. The molecule has 1 atom stereocenters. The SMILES string of the molecule is CCCNC(=O)C=C[C@@H](Cc1ccccc1)NC(=O)Nc1ccc(-c2ccccc2)cc1. The van der Waals surface area contributed by atoms with Crippen molar-refractivity contribution in [3.63, 3.8) is 0 Å². The Labute approximate surface area is 189 Å². The van der Waals surface area contributed by atoms with Crippen LogP contribution in [0.3, 0.4) is 0 Å². The minimum Gasteiger partial charge on any atom is -0.353 e. The van der Waals surface area contributed by atoms with Crippen molar-refractivity contribution in [2.45, 2.75) is 25.8 Å². The fraction of sp³-hybridized carbons (Fsp3) is 0.185. The van der Waals surface area contributed by atoms with E-state index in [2.05, 4.69) is 16.0 Å². The van der Waals surface area contributed by atoms with Gasteiger partial charge in [0.1, 0.15) is 0 Å². The number of anilines is 1. The number of carbonyl (C=O) groups excluding carboxylic acids is 2. The summed E-state index contributed by atoms with van der Waals surface area (Å²) in [7, 11) is 0. The number of carbonyl (C=O) groups is 2. The molecule has 32 heavy (non-hydrogen) atoms. The van der Waals surface area contributed by atoms with E-state index in [4.69, 9.17) is 0 Å². The van der Waals surface area contributed by atoms with E-state index in [1.54, 1.807) is 6.08 Å². The summed E-state index contributed by atoms with van der Waals surface area (Å²) in [6, 6.07) is 27.0. The van der Waals surface area contributed by atoms with Gasteiger partial charge in [-0.2, -0.15) is 0 Å². The van der Waals surface area contributed by atoms with Crippen molar-refractivity contribution < 1.29 is 9.59 Å². The summed E-state index contributed by atoms with van der Waals surface area (Å²) < 4.78 is 0. The van der Waals surface area contributed by atoms with E-state index in [-0.39, 0.29) is 18.0 Å². The fourth-order valence-electron chi connectivity index (χ4n) is 3.26. The molecule has 3 aromatic carbocycles. The molecule has 0 aromatic heterocycles. The highest BCUT2D eigenvalue weighted by Gasteiger charge is 2.11. The maximum Gasteiger partial charge on any atom is 0.319 e. The van der Waals surface area contributed by atoms with Crippen LogP contribution in [0.15, 0.2) is 97.1 Å². The van der Waals surface area contributed by atoms with Crippen LogP contribution in [0.25, 0.3) is 11.1 Å². The van der Waals surface area contributed by atoms with Gasteiger partial charge in [0.25, 0.3) is 0 Å². The van der Waals surface area contributed by atoms with E-state index in [0.29, 0.717) is 18.7 Å². The van der Waals surface area contributed by atoms with Gasteiger partial charge in [-0.05, 0) is 41.7 Å². The quantitative estimate of drug-likeness (QED) is 0.412. The van der Waals surface area contributed by atoms with Gasteiger partial charge in [0.2, 0.25) is 5.91 Å². The summed E-state index contributed by atoms with van der Waals surface area (Å²) in [6.07, 6.45) is 4.67. The second kappa shape index (κ2) is 12.1. The zero-order valence-electron chi connectivity index (χ0n) is 18.3. The van der Waals surface area contributed by atoms with Crippen LogP contribution in [0.5, 0.6) is 0 Å². The van der Waals surface area contributed by atoms with Crippen molar-refractivity contribution in [1.82, 2.24) is 10.6 Å². The summed E-state index contributed by atoms with van der Waals surface area (Å²) in [6.45, 7) is 2.62. The molecule has 0 spiro atoms. The van der Waals surface area contributed by atoms with Gasteiger partial charge >= 0.3 is 6.03 Å². The topological polar surface area (TPSA) is 70.2 Å². The predicted molar refractivity (Wildman–Crippen MR) is 130 cm³/mol. The Morgan fingerprint density at radius 3 is 2.12 bits per heavy atom. The summed E-state index contributed by atoms with van der Waals surface area (Å²) >= 11 is 0. The van der Waals surface area contributed by atoms with Crippen molar-refractivity contribution in [1.29, 1.82) is 0 Å². The lowest BCUT2D eigenvalue weighted by Gasteiger charge is -2.16. The predicted octanol–water partition coefficient (Wildman–Crippen LogP) is 5.17. The van der Waals surface area contributed by atoms with Gasteiger partial charge in [0.05, 0.1) is 6.04 Å². The van der Waals surface area contributed by atoms with Crippen molar-refractivity contribution in [2.75, 3.05) is 11.9 Å². The van der Waals surface area contributed by atoms with E-state index in [1.165, 1.54) is 6.08 Å². The molecule has 3 aromatic rings. The Balaban J connectivity index is 1.63. The molecule has 0 saturated carbocycles. The van der Waals surface area contributed by atoms with Gasteiger partial charge in [-0.25, -0.2) is 4.79 Å². The second-order valence-electron chi connectivity index (χ2n) is 7.49. The van der Waals surface area contributed by atoms with Crippen LogP contribution in [-0.4, -0.2) is 24.5 Å². The van der Waals surface area contributed by atoms with E-state index >= 15 is 0 Å². The minimum atomic E-state index is -0.326. The Morgan fingerprint density at radius 1 is 0.844 bits per heavy atom. The highest BCUT2D eigenvalue weighted by molar-refractivity contribution is 5.90. The van der Waals surface area contributed by atoms with Gasteiger partial charge in [0, 0.05) is 18.3 Å². The molecule has 0 fully saturated rings.